The third-order valence-corrected chi connectivity index (χ3v) is 5.90. The fourth-order valence-corrected chi connectivity index (χ4v) is 4.07. The van der Waals surface area contributed by atoms with Crippen LogP contribution < -0.4 is 0 Å². The van der Waals surface area contributed by atoms with Gasteiger partial charge in [0.1, 0.15) is 0 Å². The second kappa shape index (κ2) is 4.76. The molecule has 3 nitrogen and oxygen atoms in total. The van der Waals surface area contributed by atoms with Gasteiger partial charge in [0.2, 0.25) is 10.0 Å². The molecule has 0 amide bonds. The van der Waals surface area contributed by atoms with Crippen LogP contribution in [0.5, 0.6) is 0 Å². The van der Waals surface area contributed by atoms with Crippen LogP contribution in [0.3, 0.4) is 0 Å². The lowest BCUT2D eigenvalue weighted by molar-refractivity contribution is 0.386. The minimum Gasteiger partial charge on any atom is -0.207 e. The van der Waals surface area contributed by atoms with Gasteiger partial charge in [-0.2, -0.15) is 4.31 Å². The molecule has 0 bridgehead atoms. The molecular weight excluding hydrogens is 258 g/mol. The molecule has 0 aromatic heterocycles. The van der Waals surface area contributed by atoms with Gasteiger partial charge in [-0.05, 0) is 44.7 Å². The Labute approximate surface area is 115 Å². The number of nitrogens with zero attached hydrogens (tertiary/aromatic N) is 1. The summed E-state index contributed by atoms with van der Waals surface area (Å²) in [5.74, 6) is 0. The lowest BCUT2D eigenvalue weighted by Crippen LogP contribution is -2.36. The van der Waals surface area contributed by atoms with Crippen molar-refractivity contribution in [3.63, 3.8) is 0 Å². The largest absolute Gasteiger partial charge is 0.243 e. The molecule has 4 heteroatoms. The van der Waals surface area contributed by atoms with Crippen molar-refractivity contribution in [3.8, 4) is 0 Å². The first-order chi connectivity index (χ1) is 9.07. The smallest absolute Gasteiger partial charge is 0.207 e. The van der Waals surface area contributed by atoms with Crippen molar-refractivity contribution >= 4 is 10.0 Å². The summed E-state index contributed by atoms with van der Waals surface area (Å²) in [7, 11) is -3.30. The zero-order valence-electron chi connectivity index (χ0n) is 11.2. The van der Waals surface area contributed by atoms with Crippen LogP contribution in [0, 0.1) is 6.92 Å². The number of piperidine rings is 1. The molecule has 2 fully saturated rings. The van der Waals surface area contributed by atoms with Crippen LogP contribution in [-0.4, -0.2) is 25.8 Å². The van der Waals surface area contributed by atoms with Gasteiger partial charge >= 0.3 is 0 Å². The lowest BCUT2D eigenvalue weighted by Gasteiger charge is -2.27. The van der Waals surface area contributed by atoms with Crippen molar-refractivity contribution in [2.24, 2.45) is 0 Å². The summed E-state index contributed by atoms with van der Waals surface area (Å²) in [5, 5.41) is 0. The zero-order valence-corrected chi connectivity index (χ0v) is 12.0. The Morgan fingerprint density at radius 3 is 1.95 bits per heavy atom. The zero-order chi connectivity index (χ0) is 13.5. The van der Waals surface area contributed by atoms with Crippen molar-refractivity contribution in [1.82, 2.24) is 4.31 Å². The van der Waals surface area contributed by atoms with E-state index in [-0.39, 0.29) is 0 Å². The van der Waals surface area contributed by atoms with Gasteiger partial charge in [0.15, 0.2) is 0 Å². The molecule has 1 aromatic carbocycles. The van der Waals surface area contributed by atoms with E-state index in [1.807, 2.05) is 19.1 Å². The molecule has 2 aliphatic rings. The van der Waals surface area contributed by atoms with E-state index in [9.17, 15) is 8.42 Å². The molecular formula is C15H19NO2S. The minimum atomic E-state index is -3.30. The van der Waals surface area contributed by atoms with E-state index in [2.05, 4.69) is 0 Å². The third kappa shape index (κ3) is 2.60. The van der Waals surface area contributed by atoms with E-state index in [4.69, 9.17) is 0 Å². The van der Waals surface area contributed by atoms with Crippen molar-refractivity contribution in [2.75, 3.05) is 13.1 Å². The highest BCUT2D eigenvalue weighted by Gasteiger charge is 2.29. The van der Waals surface area contributed by atoms with E-state index in [1.165, 1.54) is 18.4 Å². The molecule has 1 saturated carbocycles. The first-order valence-corrected chi connectivity index (χ1v) is 8.28. The van der Waals surface area contributed by atoms with Crippen LogP contribution in [-0.2, 0) is 10.0 Å². The van der Waals surface area contributed by atoms with Crippen molar-refractivity contribution in [2.45, 2.75) is 37.5 Å². The Hall–Kier alpha value is -1.13. The molecule has 0 radical (unpaired) electrons. The summed E-state index contributed by atoms with van der Waals surface area (Å²) in [6, 6.07) is 7.13. The predicted octanol–water partition coefficient (Wildman–Crippen LogP) is 2.87. The molecule has 0 unspecified atom stereocenters. The van der Waals surface area contributed by atoms with E-state index in [1.54, 1.807) is 22.0 Å². The Balaban J connectivity index is 1.78. The molecule has 102 valence electrons. The highest BCUT2D eigenvalue weighted by molar-refractivity contribution is 7.89. The van der Waals surface area contributed by atoms with E-state index in [0.29, 0.717) is 18.0 Å². The van der Waals surface area contributed by atoms with Crippen LogP contribution in [0.4, 0.5) is 0 Å². The highest BCUT2D eigenvalue weighted by atomic mass is 32.2. The van der Waals surface area contributed by atoms with Gasteiger partial charge in [-0.15, -0.1) is 0 Å². The standard InChI is InChI=1S/C15H19NO2S/c1-12-2-6-15(7-3-12)19(17,18)16-10-8-14(9-11-16)13-4-5-13/h2-3,6-7H,4-5,8-11H2,1H3. The highest BCUT2D eigenvalue weighted by Crippen LogP contribution is 2.36. The predicted molar refractivity (Wildman–Crippen MR) is 75.4 cm³/mol. The van der Waals surface area contributed by atoms with Gasteiger partial charge in [0.25, 0.3) is 0 Å². The molecule has 1 saturated heterocycles. The number of aryl methyl sites for hydroxylation is 1. The molecule has 19 heavy (non-hydrogen) atoms. The first kappa shape index (κ1) is 12.9. The van der Waals surface area contributed by atoms with Gasteiger partial charge in [-0.1, -0.05) is 28.8 Å². The van der Waals surface area contributed by atoms with Crippen LogP contribution >= 0.6 is 0 Å². The number of sulfonamides is 1. The van der Waals surface area contributed by atoms with Crippen LogP contribution in [0.15, 0.2) is 40.3 Å². The monoisotopic (exact) mass is 277 g/mol. The number of allylic oxidation sites excluding steroid dienone is 1. The Kier molecular flexibility index (Phi) is 3.23. The Morgan fingerprint density at radius 2 is 1.42 bits per heavy atom. The fourth-order valence-electron chi connectivity index (χ4n) is 2.63. The topological polar surface area (TPSA) is 37.4 Å². The van der Waals surface area contributed by atoms with Crippen molar-refractivity contribution in [3.05, 3.63) is 41.0 Å². The van der Waals surface area contributed by atoms with Crippen LogP contribution in [0.25, 0.3) is 0 Å². The number of benzene rings is 1. The van der Waals surface area contributed by atoms with Crippen molar-refractivity contribution in [1.29, 1.82) is 0 Å². The van der Waals surface area contributed by atoms with Gasteiger partial charge in [0, 0.05) is 13.1 Å². The quantitative estimate of drug-likeness (QED) is 0.780. The second-order valence-corrected chi connectivity index (χ2v) is 7.36. The fraction of sp³-hybridized carbons (Fsp3) is 0.467. The van der Waals surface area contributed by atoms with Crippen LogP contribution in [0.1, 0.15) is 31.2 Å². The molecule has 1 aromatic rings. The maximum Gasteiger partial charge on any atom is 0.243 e. The summed E-state index contributed by atoms with van der Waals surface area (Å²) in [6.07, 6.45) is 4.31. The molecule has 1 aliphatic heterocycles. The molecule has 3 rings (SSSR count). The van der Waals surface area contributed by atoms with E-state index >= 15 is 0 Å². The normalized spacial score (nSPS) is 20.7. The van der Waals surface area contributed by atoms with E-state index < -0.39 is 10.0 Å². The third-order valence-electron chi connectivity index (χ3n) is 3.98. The SMILES string of the molecule is Cc1ccc(S(=O)(=O)N2CCC(=C3CC3)CC2)cc1. The summed E-state index contributed by atoms with van der Waals surface area (Å²) >= 11 is 0. The van der Waals surface area contributed by atoms with Gasteiger partial charge in [-0.3, -0.25) is 0 Å². The summed E-state index contributed by atoms with van der Waals surface area (Å²) < 4.78 is 26.6. The van der Waals surface area contributed by atoms with Gasteiger partial charge in [-0.25, -0.2) is 8.42 Å². The number of rotatable bonds is 2. The minimum absolute atomic E-state index is 0.417. The van der Waals surface area contributed by atoms with E-state index in [0.717, 1.165) is 18.4 Å². The summed E-state index contributed by atoms with van der Waals surface area (Å²) in [6.45, 7) is 3.23. The summed E-state index contributed by atoms with van der Waals surface area (Å²) in [4.78, 5) is 0.417. The molecule has 1 heterocycles. The van der Waals surface area contributed by atoms with Crippen molar-refractivity contribution < 1.29 is 8.42 Å². The maximum absolute atomic E-state index is 12.5. The molecule has 0 N–H and O–H groups in total. The Morgan fingerprint density at radius 1 is 0.895 bits per heavy atom. The van der Waals surface area contributed by atoms with Gasteiger partial charge in [0.05, 0.1) is 4.90 Å². The first-order valence-electron chi connectivity index (χ1n) is 6.84. The summed E-state index contributed by atoms with van der Waals surface area (Å²) in [5.41, 5.74) is 4.17. The second-order valence-electron chi connectivity index (χ2n) is 5.42. The average Bonchev–Trinajstić information content (AvgIpc) is 3.24. The maximum atomic E-state index is 12.5. The number of hydrogen-bond acceptors (Lipinski definition) is 2. The lowest BCUT2D eigenvalue weighted by atomic mass is 10.1. The molecule has 0 spiro atoms. The Bertz CT molecular complexity index is 598. The molecule has 1 aliphatic carbocycles. The van der Waals surface area contributed by atoms with Crippen LogP contribution in [0.2, 0.25) is 0 Å². The average molecular weight is 277 g/mol. The van der Waals surface area contributed by atoms with Gasteiger partial charge < -0.3 is 0 Å². The number of hydrogen-bond donors (Lipinski definition) is 0. The molecule has 0 atom stereocenters.